The van der Waals surface area contributed by atoms with Gasteiger partial charge in [-0.2, -0.15) is 4.98 Å². The van der Waals surface area contributed by atoms with E-state index in [-0.39, 0.29) is 6.04 Å². The lowest BCUT2D eigenvalue weighted by atomic mass is 10.4. The van der Waals surface area contributed by atoms with Gasteiger partial charge in [0.25, 0.3) is 0 Å². The second kappa shape index (κ2) is 3.06. The third-order valence-corrected chi connectivity index (χ3v) is 1.12. The molecule has 4 heteroatoms. The lowest BCUT2D eigenvalue weighted by Crippen LogP contribution is -2.11. The Kier molecular flexibility index (Phi) is 2.12. The van der Waals surface area contributed by atoms with Crippen molar-refractivity contribution in [2.24, 2.45) is 0 Å². The molecule has 0 aliphatic rings. The summed E-state index contributed by atoms with van der Waals surface area (Å²) in [4.78, 5) is 3.91. The zero-order chi connectivity index (χ0) is 8.27. The monoisotopic (exact) mass is 151 g/mol. The van der Waals surface area contributed by atoms with Crippen molar-refractivity contribution in [3.05, 3.63) is 5.82 Å². The molecule has 4 nitrogen and oxygen atoms in total. The van der Waals surface area contributed by atoms with Crippen LogP contribution in [0.1, 0.15) is 12.7 Å². The molecule has 0 aliphatic heterocycles. The summed E-state index contributed by atoms with van der Waals surface area (Å²) in [5.74, 6) is 3.08. The van der Waals surface area contributed by atoms with E-state index in [2.05, 4.69) is 21.4 Å². The second-order valence-electron chi connectivity index (χ2n) is 2.18. The van der Waals surface area contributed by atoms with Gasteiger partial charge in [0.15, 0.2) is 5.82 Å². The number of nitrogens with zero attached hydrogens (tertiary/aromatic N) is 2. The Bertz CT molecular complexity index is 273. The molecule has 1 unspecified atom stereocenters. The van der Waals surface area contributed by atoms with Gasteiger partial charge in [0.1, 0.15) is 0 Å². The zero-order valence-corrected chi connectivity index (χ0v) is 6.46. The summed E-state index contributed by atoms with van der Waals surface area (Å²) in [7, 11) is 0. The molecule has 0 bridgehead atoms. The summed E-state index contributed by atoms with van der Waals surface area (Å²) in [5, 5.41) is 6.42. The highest BCUT2D eigenvalue weighted by atomic mass is 16.5. The number of hydrogen-bond acceptors (Lipinski definition) is 4. The maximum atomic E-state index is 5.12. The largest absolute Gasteiger partial charge is 0.324 e. The minimum atomic E-state index is -0.0881. The van der Waals surface area contributed by atoms with Crippen molar-refractivity contribution in [1.29, 1.82) is 0 Å². The number of aryl methyl sites for hydroxylation is 1. The minimum absolute atomic E-state index is 0.0881. The van der Waals surface area contributed by atoms with Crippen LogP contribution in [0.25, 0.3) is 0 Å². The fraction of sp³-hybridized carbons (Fsp3) is 0.429. The van der Waals surface area contributed by atoms with E-state index in [1.54, 1.807) is 6.92 Å². The predicted molar refractivity (Wildman–Crippen MR) is 41.0 cm³/mol. The van der Waals surface area contributed by atoms with Gasteiger partial charge in [-0.1, -0.05) is 11.1 Å². The normalized spacial score (nSPS) is 12.1. The van der Waals surface area contributed by atoms with Crippen LogP contribution in [-0.2, 0) is 0 Å². The summed E-state index contributed by atoms with van der Waals surface area (Å²) in [5.41, 5.74) is 0. The highest BCUT2D eigenvalue weighted by molar-refractivity contribution is 5.24. The smallest absolute Gasteiger partial charge is 0.322 e. The summed E-state index contributed by atoms with van der Waals surface area (Å²) < 4.78 is 4.77. The van der Waals surface area contributed by atoms with Crippen molar-refractivity contribution in [3.63, 3.8) is 0 Å². The van der Waals surface area contributed by atoms with Crippen LogP contribution in [0.3, 0.4) is 0 Å². The molecular weight excluding hydrogens is 142 g/mol. The molecule has 11 heavy (non-hydrogen) atoms. The van der Waals surface area contributed by atoms with Crippen LogP contribution >= 0.6 is 0 Å². The van der Waals surface area contributed by atoms with Gasteiger partial charge in [0.05, 0.1) is 6.04 Å². The summed E-state index contributed by atoms with van der Waals surface area (Å²) in [6.45, 7) is 3.58. The number of nitrogens with one attached hydrogen (secondary N) is 1. The third kappa shape index (κ3) is 1.97. The Morgan fingerprint density at radius 3 is 2.91 bits per heavy atom. The highest BCUT2D eigenvalue weighted by Gasteiger charge is 2.03. The third-order valence-electron chi connectivity index (χ3n) is 1.12. The van der Waals surface area contributed by atoms with Crippen LogP contribution in [-0.4, -0.2) is 16.2 Å². The SMILES string of the molecule is C#CC(C)Nc1nc(C)no1. The van der Waals surface area contributed by atoms with Gasteiger partial charge in [-0.25, -0.2) is 0 Å². The van der Waals surface area contributed by atoms with Crippen LogP contribution < -0.4 is 5.32 Å². The van der Waals surface area contributed by atoms with E-state index in [1.807, 2.05) is 6.92 Å². The molecule has 1 aromatic heterocycles. The second-order valence-corrected chi connectivity index (χ2v) is 2.18. The standard InChI is InChI=1S/C7H9N3O/c1-4-5(2)8-7-9-6(3)10-11-7/h1,5H,2-3H3,(H,8,9,10). The number of anilines is 1. The van der Waals surface area contributed by atoms with Crippen LogP contribution in [0.4, 0.5) is 6.01 Å². The molecular formula is C7H9N3O. The van der Waals surface area contributed by atoms with Crippen LogP contribution in [0.15, 0.2) is 4.52 Å². The van der Waals surface area contributed by atoms with E-state index in [0.717, 1.165) is 0 Å². The Morgan fingerprint density at radius 2 is 2.45 bits per heavy atom. The van der Waals surface area contributed by atoms with Crippen molar-refractivity contribution >= 4 is 6.01 Å². The molecule has 1 aromatic rings. The molecule has 0 radical (unpaired) electrons. The average Bonchev–Trinajstić information content (AvgIpc) is 2.35. The van der Waals surface area contributed by atoms with Crippen molar-refractivity contribution in [3.8, 4) is 12.3 Å². The van der Waals surface area contributed by atoms with Gasteiger partial charge in [-0.05, 0) is 13.8 Å². The molecule has 0 saturated heterocycles. The van der Waals surface area contributed by atoms with Gasteiger partial charge in [0.2, 0.25) is 0 Å². The molecule has 0 amide bonds. The maximum absolute atomic E-state index is 5.12. The van der Waals surface area contributed by atoms with Crippen molar-refractivity contribution in [2.45, 2.75) is 19.9 Å². The van der Waals surface area contributed by atoms with Crippen LogP contribution in [0, 0.1) is 19.3 Å². The topological polar surface area (TPSA) is 51.0 Å². The lowest BCUT2D eigenvalue weighted by molar-refractivity contribution is 0.424. The van der Waals surface area contributed by atoms with E-state index in [0.29, 0.717) is 11.8 Å². The van der Waals surface area contributed by atoms with E-state index in [1.165, 1.54) is 0 Å². The first kappa shape index (κ1) is 7.61. The summed E-state index contributed by atoms with van der Waals surface area (Å²) in [6, 6.07) is 0.280. The highest BCUT2D eigenvalue weighted by Crippen LogP contribution is 2.02. The summed E-state index contributed by atoms with van der Waals surface area (Å²) in [6.07, 6.45) is 5.12. The average molecular weight is 151 g/mol. The fourth-order valence-electron chi connectivity index (χ4n) is 0.583. The number of aromatic nitrogens is 2. The number of terminal acetylenes is 1. The predicted octanol–water partition coefficient (Wildman–Crippen LogP) is 0.812. The number of rotatable bonds is 2. The molecule has 1 rings (SSSR count). The molecule has 1 heterocycles. The first-order valence-electron chi connectivity index (χ1n) is 3.25. The van der Waals surface area contributed by atoms with Gasteiger partial charge in [-0.15, -0.1) is 6.42 Å². The zero-order valence-electron chi connectivity index (χ0n) is 6.46. The minimum Gasteiger partial charge on any atom is -0.324 e. The fourth-order valence-corrected chi connectivity index (χ4v) is 0.583. The van der Waals surface area contributed by atoms with E-state index >= 15 is 0 Å². The van der Waals surface area contributed by atoms with E-state index < -0.39 is 0 Å². The molecule has 0 aromatic carbocycles. The van der Waals surface area contributed by atoms with Crippen LogP contribution in [0.2, 0.25) is 0 Å². The van der Waals surface area contributed by atoms with Gasteiger partial charge in [0, 0.05) is 0 Å². The van der Waals surface area contributed by atoms with Crippen molar-refractivity contribution in [2.75, 3.05) is 5.32 Å². The Balaban J connectivity index is 2.59. The lowest BCUT2D eigenvalue weighted by Gasteiger charge is -2.00. The first-order valence-corrected chi connectivity index (χ1v) is 3.25. The van der Waals surface area contributed by atoms with Crippen LogP contribution in [0.5, 0.6) is 0 Å². The van der Waals surface area contributed by atoms with Crippen molar-refractivity contribution in [1.82, 2.24) is 10.1 Å². The molecule has 0 saturated carbocycles. The quantitative estimate of drug-likeness (QED) is 0.635. The Morgan fingerprint density at radius 1 is 1.73 bits per heavy atom. The first-order chi connectivity index (χ1) is 5.22. The molecule has 0 aliphatic carbocycles. The van der Waals surface area contributed by atoms with E-state index in [9.17, 15) is 0 Å². The van der Waals surface area contributed by atoms with Gasteiger partial charge < -0.3 is 9.84 Å². The van der Waals surface area contributed by atoms with Gasteiger partial charge in [-0.3, -0.25) is 0 Å². The maximum Gasteiger partial charge on any atom is 0.322 e. The Hall–Kier alpha value is -1.50. The molecule has 58 valence electrons. The number of hydrogen-bond donors (Lipinski definition) is 1. The summed E-state index contributed by atoms with van der Waals surface area (Å²) >= 11 is 0. The van der Waals surface area contributed by atoms with Crippen molar-refractivity contribution < 1.29 is 4.52 Å². The Labute approximate surface area is 65.0 Å². The van der Waals surface area contributed by atoms with Gasteiger partial charge >= 0.3 is 6.01 Å². The molecule has 1 N–H and O–H groups in total. The van der Waals surface area contributed by atoms with E-state index in [4.69, 9.17) is 10.9 Å². The molecule has 0 spiro atoms. The molecule has 0 fully saturated rings. The molecule has 1 atom stereocenters.